The summed E-state index contributed by atoms with van der Waals surface area (Å²) >= 11 is 0. The van der Waals surface area contributed by atoms with Gasteiger partial charge in [0.15, 0.2) is 0 Å². The minimum Gasteiger partial charge on any atom is -0.313 e. The van der Waals surface area contributed by atoms with E-state index < -0.39 is 0 Å². The maximum Gasteiger partial charge on any atom is 0.322 e. The van der Waals surface area contributed by atoms with Gasteiger partial charge in [0.25, 0.3) is 0 Å². The van der Waals surface area contributed by atoms with Crippen LogP contribution in [0.4, 0.5) is 10.5 Å². The number of hydrogen-bond donors (Lipinski definition) is 1. The number of amides is 2. The van der Waals surface area contributed by atoms with E-state index in [0.717, 1.165) is 17.1 Å². The van der Waals surface area contributed by atoms with Crippen LogP contribution in [0.15, 0.2) is 73.1 Å². The van der Waals surface area contributed by atoms with Gasteiger partial charge in [-0.25, -0.2) is 4.79 Å². The predicted octanol–water partition coefficient (Wildman–Crippen LogP) is 4.83. The maximum absolute atomic E-state index is 12.9. The summed E-state index contributed by atoms with van der Waals surface area (Å²) in [6.45, 7) is 5.12. The van der Waals surface area contributed by atoms with Gasteiger partial charge < -0.3 is 10.2 Å². The summed E-state index contributed by atoms with van der Waals surface area (Å²) in [4.78, 5) is 23.3. The van der Waals surface area contributed by atoms with Crippen molar-refractivity contribution >= 4 is 11.7 Å². The molecular weight excluding hydrogens is 336 g/mol. The molecule has 5 nitrogen and oxygen atoms in total. The Morgan fingerprint density at radius 2 is 1.44 bits per heavy atom. The van der Waals surface area contributed by atoms with Crippen LogP contribution in [-0.2, 0) is 13.1 Å². The Bertz CT molecular complexity index is 807. The molecule has 5 heteroatoms. The summed E-state index contributed by atoms with van der Waals surface area (Å²) in [6.07, 6.45) is 3.47. The van der Waals surface area contributed by atoms with E-state index in [0.29, 0.717) is 19.0 Å². The summed E-state index contributed by atoms with van der Waals surface area (Å²) < 4.78 is 0. The minimum absolute atomic E-state index is 0.177. The zero-order valence-electron chi connectivity index (χ0n) is 15.7. The first-order chi connectivity index (χ1) is 13.1. The van der Waals surface area contributed by atoms with Crippen LogP contribution in [0.3, 0.4) is 0 Å². The molecule has 27 heavy (non-hydrogen) atoms. The summed E-state index contributed by atoms with van der Waals surface area (Å²) in [5, 5.41) is 2.98. The fourth-order valence-electron chi connectivity index (χ4n) is 2.73. The Kier molecular flexibility index (Phi) is 6.15. The number of carbonyl (C=O) groups is 1. The van der Waals surface area contributed by atoms with E-state index in [9.17, 15) is 4.79 Å². The lowest BCUT2D eigenvalue weighted by atomic mass is 10.0. The van der Waals surface area contributed by atoms with Gasteiger partial charge in [-0.2, -0.15) is 0 Å². The topological polar surface area (TPSA) is 58.1 Å². The van der Waals surface area contributed by atoms with Gasteiger partial charge in [0, 0.05) is 18.1 Å². The normalized spacial score (nSPS) is 10.6. The van der Waals surface area contributed by atoms with Gasteiger partial charge in [-0.3, -0.25) is 9.97 Å². The average Bonchev–Trinajstić information content (AvgIpc) is 2.69. The molecule has 0 bridgehead atoms. The average molecular weight is 360 g/mol. The monoisotopic (exact) mass is 360 g/mol. The Morgan fingerprint density at radius 3 is 1.89 bits per heavy atom. The largest absolute Gasteiger partial charge is 0.322 e. The molecule has 2 amide bonds. The second kappa shape index (κ2) is 8.94. The van der Waals surface area contributed by atoms with E-state index >= 15 is 0 Å². The van der Waals surface area contributed by atoms with Crippen molar-refractivity contribution < 1.29 is 4.79 Å². The van der Waals surface area contributed by atoms with Crippen molar-refractivity contribution in [2.24, 2.45) is 0 Å². The van der Waals surface area contributed by atoms with E-state index in [1.54, 1.807) is 17.3 Å². The second-order valence-electron chi connectivity index (χ2n) is 6.71. The smallest absolute Gasteiger partial charge is 0.313 e. The Hall–Kier alpha value is -3.21. The first-order valence-electron chi connectivity index (χ1n) is 9.07. The quantitative estimate of drug-likeness (QED) is 0.685. The molecular formula is C22H24N4O. The first kappa shape index (κ1) is 18.6. The highest BCUT2D eigenvalue weighted by Crippen LogP contribution is 2.18. The minimum atomic E-state index is -0.177. The molecule has 0 saturated carbocycles. The molecule has 0 saturated heterocycles. The molecule has 0 aliphatic rings. The molecule has 1 aromatic carbocycles. The molecule has 3 aromatic rings. The number of nitrogens with zero attached hydrogens (tertiary/aromatic N) is 3. The van der Waals surface area contributed by atoms with Gasteiger partial charge in [-0.1, -0.05) is 38.1 Å². The summed E-state index contributed by atoms with van der Waals surface area (Å²) in [5.74, 6) is 0.458. The number of aromatic nitrogens is 2. The number of urea groups is 1. The number of hydrogen-bond acceptors (Lipinski definition) is 3. The third-order valence-corrected chi connectivity index (χ3v) is 4.27. The lowest BCUT2D eigenvalue weighted by Gasteiger charge is -2.22. The van der Waals surface area contributed by atoms with E-state index in [1.165, 1.54) is 5.56 Å². The molecule has 2 heterocycles. The van der Waals surface area contributed by atoms with Crippen LogP contribution in [0.5, 0.6) is 0 Å². The highest BCUT2D eigenvalue weighted by atomic mass is 16.2. The van der Waals surface area contributed by atoms with Crippen molar-refractivity contribution in [2.75, 3.05) is 5.32 Å². The van der Waals surface area contributed by atoms with Crippen molar-refractivity contribution in [3.05, 3.63) is 90.0 Å². The molecule has 0 radical (unpaired) electrons. The molecule has 0 fully saturated rings. The fourth-order valence-corrected chi connectivity index (χ4v) is 2.73. The Morgan fingerprint density at radius 1 is 0.889 bits per heavy atom. The maximum atomic E-state index is 12.9. The standard InChI is InChI=1S/C22H24N4O/c1-17(2)18-9-11-19(12-10-18)25-22(27)26(15-20-7-3-5-13-23-20)16-21-8-4-6-14-24-21/h3-14,17H,15-16H2,1-2H3,(H,25,27). The molecule has 138 valence electrons. The molecule has 0 atom stereocenters. The summed E-state index contributed by atoms with van der Waals surface area (Å²) in [6, 6.07) is 19.2. The number of benzene rings is 1. The number of pyridine rings is 2. The summed E-state index contributed by atoms with van der Waals surface area (Å²) in [5.41, 5.74) is 3.68. The Balaban J connectivity index is 1.75. The number of rotatable bonds is 6. The van der Waals surface area contributed by atoms with Crippen LogP contribution in [0, 0.1) is 0 Å². The molecule has 2 aromatic heterocycles. The number of carbonyl (C=O) groups excluding carboxylic acids is 1. The lowest BCUT2D eigenvalue weighted by molar-refractivity contribution is 0.205. The summed E-state index contributed by atoms with van der Waals surface area (Å²) in [7, 11) is 0. The highest BCUT2D eigenvalue weighted by Gasteiger charge is 2.16. The molecule has 0 unspecified atom stereocenters. The van der Waals surface area contributed by atoms with Gasteiger partial charge >= 0.3 is 6.03 Å². The number of anilines is 1. The number of nitrogens with one attached hydrogen (secondary N) is 1. The van der Waals surface area contributed by atoms with Crippen LogP contribution >= 0.6 is 0 Å². The molecule has 1 N–H and O–H groups in total. The van der Waals surface area contributed by atoms with Gasteiger partial charge in [0.05, 0.1) is 24.5 Å². The van der Waals surface area contributed by atoms with E-state index in [2.05, 4.69) is 29.1 Å². The van der Waals surface area contributed by atoms with Crippen molar-refractivity contribution in [1.29, 1.82) is 0 Å². The van der Waals surface area contributed by atoms with Crippen molar-refractivity contribution in [3.8, 4) is 0 Å². The van der Waals surface area contributed by atoms with Gasteiger partial charge in [-0.05, 0) is 47.9 Å². The molecule has 3 rings (SSSR count). The highest BCUT2D eigenvalue weighted by molar-refractivity contribution is 5.89. The zero-order chi connectivity index (χ0) is 19.1. The van der Waals surface area contributed by atoms with E-state index in [1.807, 2.05) is 60.7 Å². The van der Waals surface area contributed by atoms with E-state index in [-0.39, 0.29) is 6.03 Å². The molecule has 0 aliphatic carbocycles. The van der Waals surface area contributed by atoms with Crippen LogP contribution in [0.2, 0.25) is 0 Å². The van der Waals surface area contributed by atoms with E-state index in [4.69, 9.17) is 0 Å². The predicted molar refractivity (Wildman–Crippen MR) is 107 cm³/mol. The second-order valence-corrected chi connectivity index (χ2v) is 6.71. The van der Waals surface area contributed by atoms with Crippen LogP contribution < -0.4 is 5.32 Å². The van der Waals surface area contributed by atoms with Gasteiger partial charge in [0.1, 0.15) is 0 Å². The Labute approximate surface area is 160 Å². The SMILES string of the molecule is CC(C)c1ccc(NC(=O)N(Cc2ccccn2)Cc2ccccn2)cc1. The third-order valence-electron chi connectivity index (χ3n) is 4.27. The fraction of sp³-hybridized carbons (Fsp3) is 0.227. The van der Waals surface area contributed by atoms with Gasteiger partial charge in [0.2, 0.25) is 0 Å². The zero-order valence-corrected chi connectivity index (χ0v) is 15.7. The van der Waals surface area contributed by atoms with Crippen LogP contribution in [0.25, 0.3) is 0 Å². The molecule has 0 spiro atoms. The van der Waals surface area contributed by atoms with Crippen molar-refractivity contribution in [1.82, 2.24) is 14.9 Å². The molecule has 0 aliphatic heterocycles. The first-order valence-corrected chi connectivity index (χ1v) is 9.07. The van der Waals surface area contributed by atoms with Crippen molar-refractivity contribution in [2.45, 2.75) is 32.9 Å². The lowest BCUT2D eigenvalue weighted by Crippen LogP contribution is -2.34. The van der Waals surface area contributed by atoms with Crippen LogP contribution in [-0.4, -0.2) is 20.9 Å². The van der Waals surface area contributed by atoms with Gasteiger partial charge in [-0.15, -0.1) is 0 Å². The van der Waals surface area contributed by atoms with Crippen LogP contribution in [0.1, 0.15) is 36.7 Å². The third kappa shape index (κ3) is 5.38. The van der Waals surface area contributed by atoms with Crippen molar-refractivity contribution in [3.63, 3.8) is 0 Å².